The zero-order chi connectivity index (χ0) is 12.3. The van der Waals surface area contributed by atoms with Crippen molar-refractivity contribution in [1.29, 1.82) is 0 Å². The largest absolute Gasteiger partial charge is 0.477 e. The number of aromatic nitrogens is 2. The van der Waals surface area contributed by atoms with Crippen molar-refractivity contribution in [2.24, 2.45) is 0 Å². The fourth-order valence-electron chi connectivity index (χ4n) is 1.12. The number of carbonyl (C=O) groups is 2. The number of aromatic carboxylic acids is 1. The lowest BCUT2D eigenvalue weighted by molar-refractivity contribution is 0.0702. The van der Waals surface area contributed by atoms with E-state index in [2.05, 4.69) is 15.5 Å². The molecule has 6 nitrogen and oxygen atoms in total. The van der Waals surface area contributed by atoms with Crippen LogP contribution in [0.1, 0.15) is 19.3 Å². The van der Waals surface area contributed by atoms with E-state index < -0.39 is 11.9 Å². The molecule has 0 aromatic carbocycles. The Labute approximate surface area is 99.9 Å². The molecular formula is C10H7N3O3S. The van der Waals surface area contributed by atoms with E-state index in [1.807, 2.05) is 0 Å². The van der Waals surface area contributed by atoms with Crippen LogP contribution in [0.5, 0.6) is 0 Å². The Morgan fingerprint density at radius 1 is 1.24 bits per heavy atom. The maximum Gasteiger partial charge on any atom is 0.345 e. The fraction of sp³-hybridized carbons (Fsp3) is 0. The molecule has 0 aliphatic heterocycles. The molecule has 0 aliphatic rings. The van der Waals surface area contributed by atoms with Crippen molar-refractivity contribution in [3.63, 3.8) is 0 Å². The zero-order valence-corrected chi connectivity index (χ0v) is 9.27. The smallest absolute Gasteiger partial charge is 0.345 e. The van der Waals surface area contributed by atoms with E-state index in [0.717, 1.165) is 11.3 Å². The fourth-order valence-corrected chi connectivity index (χ4v) is 1.86. The normalized spacial score (nSPS) is 9.88. The number of carbonyl (C=O) groups excluding carboxylic acids is 1. The first-order valence-corrected chi connectivity index (χ1v) is 5.40. The summed E-state index contributed by atoms with van der Waals surface area (Å²) in [7, 11) is 0. The number of hydrogen-bond acceptors (Lipinski definition) is 5. The summed E-state index contributed by atoms with van der Waals surface area (Å²) in [5.74, 6) is -1.13. The molecule has 0 fully saturated rings. The Bertz CT molecular complexity index is 553. The number of nitrogens with one attached hydrogen (secondary N) is 1. The van der Waals surface area contributed by atoms with E-state index in [1.54, 1.807) is 12.1 Å². The van der Waals surface area contributed by atoms with Crippen LogP contribution in [0, 0.1) is 0 Å². The highest BCUT2D eigenvalue weighted by Crippen LogP contribution is 2.17. The van der Waals surface area contributed by atoms with Gasteiger partial charge in [-0.25, -0.2) is 4.79 Å². The zero-order valence-electron chi connectivity index (χ0n) is 8.45. The quantitative estimate of drug-likeness (QED) is 0.859. The van der Waals surface area contributed by atoms with Gasteiger partial charge >= 0.3 is 5.97 Å². The summed E-state index contributed by atoms with van der Waals surface area (Å²) in [5.41, 5.74) is 0. The minimum Gasteiger partial charge on any atom is -0.477 e. The van der Waals surface area contributed by atoms with Crippen LogP contribution in [0.15, 0.2) is 30.5 Å². The third kappa shape index (κ3) is 2.64. The highest BCUT2D eigenvalue weighted by atomic mass is 32.1. The maximum absolute atomic E-state index is 11.7. The molecule has 2 N–H and O–H groups in total. The molecular weight excluding hydrogens is 242 g/mol. The number of thiophene rings is 1. The van der Waals surface area contributed by atoms with E-state index in [1.165, 1.54) is 18.3 Å². The summed E-state index contributed by atoms with van der Waals surface area (Å²) in [6.45, 7) is 0. The lowest BCUT2D eigenvalue weighted by Gasteiger charge is -1.99. The molecule has 0 atom stereocenters. The van der Waals surface area contributed by atoms with Gasteiger partial charge in [-0.05, 0) is 24.3 Å². The van der Waals surface area contributed by atoms with Gasteiger partial charge in [0, 0.05) is 6.20 Å². The molecule has 0 saturated carbocycles. The van der Waals surface area contributed by atoms with Crippen molar-refractivity contribution in [3.05, 3.63) is 40.2 Å². The number of anilines is 1. The lowest BCUT2D eigenvalue weighted by Crippen LogP contribution is -2.11. The molecule has 0 radical (unpaired) electrons. The van der Waals surface area contributed by atoms with Gasteiger partial charge in [0.25, 0.3) is 5.91 Å². The van der Waals surface area contributed by atoms with Crippen LogP contribution in [0.2, 0.25) is 0 Å². The molecule has 2 aromatic rings. The van der Waals surface area contributed by atoms with Gasteiger partial charge in [0.15, 0.2) is 5.82 Å². The Kier molecular flexibility index (Phi) is 3.10. The molecule has 86 valence electrons. The predicted octanol–water partition coefficient (Wildman–Crippen LogP) is 1.49. The molecule has 17 heavy (non-hydrogen) atoms. The predicted molar refractivity (Wildman–Crippen MR) is 61.3 cm³/mol. The van der Waals surface area contributed by atoms with Crippen molar-refractivity contribution in [1.82, 2.24) is 10.2 Å². The number of hydrogen-bond donors (Lipinski definition) is 2. The molecule has 1 amide bonds. The Balaban J connectivity index is 2.12. The highest BCUT2D eigenvalue weighted by molar-refractivity contribution is 7.15. The van der Waals surface area contributed by atoms with Crippen molar-refractivity contribution in [3.8, 4) is 0 Å². The second-order valence-electron chi connectivity index (χ2n) is 3.03. The second kappa shape index (κ2) is 4.71. The summed E-state index contributed by atoms with van der Waals surface area (Å²) in [4.78, 5) is 22.8. The van der Waals surface area contributed by atoms with Gasteiger partial charge < -0.3 is 10.4 Å². The molecule has 0 aliphatic carbocycles. The van der Waals surface area contributed by atoms with E-state index in [9.17, 15) is 9.59 Å². The molecule has 2 rings (SSSR count). The number of carboxylic acid groups (broad SMARTS) is 1. The molecule has 2 heterocycles. The van der Waals surface area contributed by atoms with Crippen molar-refractivity contribution in [2.45, 2.75) is 0 Å². The van der Waals surface area contributed by atoms with Crippen LogP contribution in [0.3, 0.4) is 0 Å². The number of carboxylic acids is 1. The third-order valence-corrected chi connectivity index (χ3v) is 2.93. The van der Waals surface area contributed by atoms with Gasteiger partial charge in [-0.2, -0.15) is 5.10 Å². The number of amides is 1. The van der Waals surface area contributed by atoms with E-state index in [4.69, 9.17) is 5.11 Å². The Morgan fingerprint density at radius 2 is 2.00 bits per heavy atom. The van der Waals surface area contributed by atoms with Crippen molar-refractivity contribution in [2.75, 3.05) is 5.32 Å². The molecule has 0 unspecified atom stereocenters. The van der Waals surface area contributed by atoms with Gasteiger partial charge in [0.05, 0.1) is 4.88 Å². The second-order valence-corrected chi connectivity index (χ2v) is 4.12. The standard InChI is InChI=1S/C10H7N3O3S/c14-9(12-8-2-1-5-11-13-8)6-3-4-7(17-6)10(15)16/h1-5H,(H,15,16)(H,12,13,14). The number of rotatable bonds is 3. The van der Waals surface area contributed by atoms with Crippen LogP contribution in [-0.2, 0) is 0 Å². The highest BCUT2D eigenvalue weighted by Gasteiger charge is 2.13. The SMILES string of the molecule is O=C(O)c1ccc(C(=O)Nc2cccnn2)s1. The minimum absolute atomic E-state index is 0.120. The minimum atomic E-state index is -1.05. The molecule has 0 spiro atoms. The summed E-state index contributed by atoms with van der Waals surface area (Å²) >= 11 is 0.909. The molecule has 2 aromatic heterocycles. The van der Waals surface area contributed by atoms with Crippen LogP contribution in [0.25, 0.3) is 0 Å². The lowest BCUT2D eigenvalue weighted by atomic mass is 10.4. The summed E-state index contributed by atoms with van der Waals surface area (Å²) in [5, 5.41) is 18.5. The summed E-state index contributed by atoms with van der Waals surface area (Å²) in [6.07, 6.45) is 1.49. The van der Waals surface area contributed by atoms with E-state index in [0.29, 0.717) is 10.7 Å². The molecule has 0 saturated heterocycles. The maximum atomic E-state index is 11.7. The van der Waals surface area contributed by atoms with Gasteiger partial charge in [-0.1, -0.05) is 0 Å². The number of nitrogens with zero attached hydrogens (tertiary/aromatic N) is 2. The summed E-state index contributed by atoms with van der Waals surface area (Å²) < 4.78 is 0. The van der Waals surface area contributed by atoms with Gasteiger partial charge in [0.1, 0.15) is 4.88 Å². The van der Waals surface area contributed by atoms with Gasteiger partial charge in [-0.3, -0.25) is 4.79 Å². The van der Waals surface area contributed by atoms with E-state index in [-0.39, 0.29) is 4.88 Å². The van der Waals surface area contributed by atoms with Gasteiger partial charge in [0.2, 0.25) is 0 Å². The van der Waals surface area contributed by atoms with E-state index >= 15 is 0 Å². The van der Waals surface area contributed by atoms with Gasteiger partial charge in [-0.15, -0.1) is 16.4 Å². The van der Waals surface area contributed by atoms with Crippen molar-refractivity contribution >= 4 is 29.0 Å². The first-order valence-electron chi connectivity index (χ1n) is 4.59. The van der Waals surface area contributed by atoms with Crippen LogP contribution in [0.4, 0.5) is 5.82 Å². The van der Waals surface area contributed by atoms with Crippen LogP contribution < -0.4 is 5.32 Å². The first kappa shape index (κ1) is 11.2. The Hall–Kier alpha value is -2.28. The first-order chi connectivity index (χ1) is 8.16. The third-order valence-electron chi connectivity index (χ3n) is 1.85. The van der Waals surface area contributed by atoms with Crippen LogP contribution in [-0.4, -0.2) is 27.2 Å². The Morgan fingerprint density at radius 3 is 2.59 bits per heavy atom. The van der Waals surface area contributed by atoms with Crippen LogP contribution >= 0.6 is 11.3 Å². The average molecular weight is 249 g/mol. The van der Waals surface area contributed by atoms with Crippen molar-refractivity contribution < 1.29 is 14.7 Å². The molecule has 0 bridgehead atoms. The summed E-state index contributed by atoms with van der Waals surface area (Å²) in [6, 6.07) is 6.08. The molecule has 7 heteroatoms. The monoisotopic (exact) mass is 249 g/mol. The average Bonchev–Trinajstić information content (AvgIpc) is 2.79. The topological polar surface area (TPSA) is 92.2 Å².